The number of methoxy groups -OCH3 is 1. The summed E-state index contributed by atoms with van der Waals surface area (Å²) in [5.74, 6) is 0.211. The van der Waals surface area contributed by atoms with Crippen molar-refractivity contribution in [3.05, 3.63) is 24.3 Å². The van der Waals surface area contributed by atoms with Gasteiger partial charge in [-0.3, -0.25) is 0 Å². The molecule has 6 nitrogen and oxygen atoms in total. The van der Waals surface area contributed by atoms with Crippen LogP contribution in [0.1, 0.15) is 20.3 Å². The van der Waals surface area contributed by atoms with Crippen LogP contribution in [-0.4, -0.2) is 55.8 Å². The maximum Gasteiger partial charge on any atom is 0.325 e. The van der Waals surface area contributed by atoms with Crippen LogP contribution < -0.4 is 9.22 Å². The van der Waals surface area contributed by atoms with Gasteiger partial charge in [0.05, 0.1) is 20.3 Å². The Kier molecular flexibility index (Phi) is 4.18. The van der Waals surface area contributed by atoms with Gasteiger partial charge in [-0.05, 0) is 26.0 Å². The van der Waals surface area contributed by atoms with E-state index in [2.05, 4.69) is 0 Å². The highest BCUT2D eigenvalue weighted by Gasteiger charge is 2.62. The SMILES string of the molecule is COc1ccc([N@@+]2(CCO)C(=O)CC2[C@H]2COC(C)(C)O2)cc1. The number of likely N-dealkylation sites (tertiary alicyclic amines) is 1. The predicted octanol–water partition coefficient (Wildman–Crippen LogP) is 1.45. The molecule has 2 heterocycles. The van der Waals surface area contributed by atoms with E-state index >= 15 is 0 Å². The summed E-state index contributed by atoms with van der Waals surface area (Å²) >= 11 is 0. The van der Waals surface area contributed by atoms with Crippen LogP contribution in [0.4, 0.5) is 5.69 Å². The van der Waals surface area contributed by atoms with Gasteiger partial charge in [0.25, 0.3) is 0 Å². The van der Waals surface area contributed by atoms with Crippen LogP contribution in [0.25, 0.3) is 0 Å². The summed E-state index contributed by atoms with van der Waals surface area (Å²) in [6.45, 7) is 4.50. The summed E-state index contributed by atoms with van der Waals surface area (Å²) in [7, 11) is 1.61. The quantitative estimate of drug-likeness (QED) is 0.656. The number of benzene rings is 1. The number of ether oxygens (including phenoxy) is 3. The van der Waals surface area contributed by atoms with Crippen molar-refractivity contribution in [1.82, 2.24) is 4.48 Å². The Bertz CT molecular complexity index is 585. The Morgan fingerprint density at radius 1 is 1.35 bits per heavy atom. The Morgan fingerprint density at radius 2 is 2.04 bits per heavy atom. The molecule has 23 heavy (non-hydrogen) atoms. The fourth-order valence-electron chi connectivity index (χ4n) is 3.65. The third-order valence-corrected chi connectivity index (χ3v) is 4.84. The second kappa shape index (κ2) is 5.87. The summed E-state index contributed by atoms with van der Waals surface area (Å²) in [6, 6.07) is 7.42. The fourth-order valence-corrected chi connectivity index (χ4v) is 3.65. The van der Waals surface area contributed by atoms with E-state index in [1.54, 1.807) is 7.11 Å². The molecule has 2 aliphatic rings. The number of hydrogen-bond donors (Lipinski definition) is 1. The monoisotopic (exact) mass is 322 g/mol. The zero-order valence-corrected chi connectivity index (χ0v) is 13.8. The molecule has 3 rings (SSSR count). The zero-order chi connectivity index (χ0) is 16.7. The lowest BCUT2D eigenvalue weighted by molar-refractivity contribution is -0.167. The Morgan fingerprint density at radius 3 is 2.52 bits per heavy atom. The average Bonchev–Trinajstić information content (AvgIpc) is 2.89. The van der Waals surface area contributed by atoms with E-state index in [-0.39, 0.29) is 29.1 Å². The van der Waals surface area contributed by atoms with Crippen molar-refractivity contribution in [2.75, 3.05) is 26.9 Å². The van der Waals surface area contributed by atoms with E-state index in [4.69, 9.17) is 14.2 Å². The van der Waals surface area contributed by atoms with Gasteiger partial charge in [-0.1, -0.05) is 0 Å². The van der Waals surface area contributed by atoms with Crippen LogP contribution in [0.5, 0.6) is 5.75 Å². The summed E-state index contributed by atoms with van der Waals surface area (Å²) in [5.41, 5.74) is 0.856. The molecule has 1 aromatic rings. The fraction of sp³-hybridized carbons (Fsp3) is 0.588. The molecule has 6 heteroatoms. The van der Waals surface area contributed by atoms with Gasteiger partial charge in [-0.15, -0.1) is 0 Å². The third-order valence-electron chi connectivity index (χ3n) is 4.84. The highest BCUT2D eigenvalue weighted by molar-refractivity contribution is 5.96. The van der Waals surface area contributed by atoms with Crippen molar-refractivity contribution in [2.45, 2.75) is 38.2 Å². The van der Waals surface area contributed by atoms with Gasteiger partial charge in [0.15, 0.2) is 5.79 Å². The van der Waals surface area contributed by atoms with Crippen molar-refractivity contribution in [3.63, 3.8) is 0 Å². The van der Waals surface area contributed by atoms with Gasteiger partial charge in [0.1, 0.15) is 36.5 Å². The summed E-state index contributed by atoms with van der Waals surface area (Å²) < 4.78 is 16.9. The smallest absolute Gasteiger partial charge is 0.325 e. The number of nitrogens with zero attached hydrogens (tertiary/aromatic N) is 1. The molecular formula is C17H24NO5+. The van der Waals surface area contributed by atoms with Crippen LogP contribution in [0.15, 0.2) is 24.3 Å². The molecule has 0 bridgehead atoms. The molecule has 126 valence electrons. The molecule has 1 unspecified atom stereocenters. The lowest BCUT2D eigenvalue weighted by atomic mass is 9.89. The van der Waals surface area contributed by atoms with Crippen LogP contribution >= 0.6 is 0 Å². The normalized spacial score (nSPS) is 32.6. The van der Waals surface area contributed by atoms with Crippen molar-refractivity contribution in [1.29, 1.82) is 0 Å². The average molecular weight is 322 g/mol. The topological polar surface area (TPSA) is 65.0 Å². The Hall–Kier alpha value is -1.47. The zero-order valence-electron chi connectivity index (χ0n) is 13.8. The first-order valence-corrected chi connectivity index (χ1v) is 7.91. The largest absolute Gasteiger partial charge is 0.497 e. The molecule has 1 amide bonds. The third kappa shape index (κ3) is 2.65. The molecule has 2 saturated heterocycles. The van der Waals surface area contributed by atoms with Crippen LogP contribution in [0, 0.1) is 0 Å². The van der Waals surface area contributed by atoms with E-state index in [0.717, 1.165) is 11.4 Å². The number of aliphatic hydroxyl groups excluding tert-OH is 1. The van der Waals surface area contributed by atoms with Crippen molar-refractivity contribution in [3.8, 4) is 5.75 Å². The van der Waals surface area contributed by atoms with Crippen LogP contribution in [0.3, 0.4) is 0 Å². The van der Waals surface area contributed by atoms with Gasteiger partial charge in [0, 0.05) is 12.1 Å². The summed E-state index contributed by atoms with van der Waals surface area (Å²) in [5, 5.41) is 9.55. The molecule has 1 aromatic carbocycles. The number of carbonyl (C=O) groups excluding carboxylic acids is 1. The summed E-state index contributed by atoms with van der Waals surface area (Å²) in [4.78, 5) is 12.6. The van der Waals surface area contributed by atoms with E-state index in [0.29, 0.717) is 19.6 Å². The highest BCUT2D eigenvalue weighted by Crippen LogP contribution is 2.42. The maximum absolute atomic E-state index is 12.6. The molecule has 1 N–H and O–H groups in total. The van der Waals surface area contributed by atoms with Gasteiger partial charge in [-0.2, -0.15) is 0 Å². The number of quaternary nitrogens is 1. The minimum Gasteiger partial charge on any atom is -0.497 e. The van der Waals surface area contributed by atoms with Crippen molar-refractivity contribution < 1.29 is 24.1 Å². The number of carbonyl (C=O) groups is 1. The standard InChI is InChI=1S/C17H24NO5/c1-17(2)22-11-15(23-17)14-10-16(20)18(14,8-9-19)12-4-6-13(21-3)7-5-12/h4-7,14-15,19H,8-11H2,1-3H3/q+1/t14?,15-,18-/m1/s1. The molecule has 0 radical (unpaired) electrons. The van der Waals surface area contributed by atoms with E-state index in [1.807, 2.05) is 38.1 Å². The van der Waals surface area contributed by atoms with Crippen molar-refractivity contribution in [2.24, 2.45) is 0 Å². The first-order chi connectivity index (χ1) is 10.9. The van der Waals surface area contributed by atoms with Gasteiger partial charge in [-0.25, -0.2) is 9.28 Å². The van der Waals surface area contributed by atoms with Crippen molar-refractivity contribution >= 4 is 11.6 Å². The predicted molar refractivity (Wildman–Crippen MR) is 85.1 cm³/mol. The highest BCUT2D eigenvalue weighted by atomic mass is 16.7. The van der Waals surface area contributed by atoms with E-state index in [9.17, 15) is 9.90 Å². The lowest BCUT2D eigenvalue weighted by Gasteiger charge is -2.50. The molecule has 2 fully saturated rings. The first kappa shape index (κ1) is 16.4. The molecule has 0 saturated carbocycles. The van der Waals surface area contributed by atoms with E-state index < -0.39 is 5.79 Å². The second-order valence-corrected chi connectivity index (χ2v) is 6.55. The Labute approximate surface area is 136 Å². The first-order valence-electron chi connectivity index (χ1n) is 7.91. The number of β-lactam (4-membered cyclic amide) rings is 1. The molecule has 0 aliphatic carbocycles. The Balaban J connectivity index is 1.92. The molecule has 0 spiro atoms. The number of aliphatic hydroxyl groups is 1. The molecule has 3 atom stereocenters. The second-order valence-electron chi connectivity index (χ2n) is 6.55. The minimum absolute atomic E-state index is 0.0372. The number of hydrogen-bond acceptors (Lipinski definition) is 5. The number of amides is 1. The van der Waals surface area contributed by atoms with Crippen LogP contribution in [0.2, 0.25) is 0 Å². The molecule has 0 aromatic heterocycles. The van der Waals surface area contributed by atoms with E-state index in [1.165, 1.54) is 0 Å². The van der Waals surface area contributed by atoms with Gasteiger partial charge >= 0.3 is 5.91 Å². The summed E-state index contributed by atoms with van der Waals surface area (Å²) in [6.07, 6.45) is 0.284. The molecule has 2 aliphatic heterocycles. The number of rotatable bonds is 5. The minimum atomic E-state index is -0.627. The lowest BCUT2D eigenvalue weighted by Crippen LogP contribution is -2.75. The maximum atomic E-state index is 12.6. The van der Waals surface area contributed by atoms with Crippen LogP contribution in [-0.2, 0) is 14.3 Å². The van der Waals surface area contributed by atoms with Gasteiger partial charge in [0.2, 0.25) is 0 Å². The van der Waals surface area contributed by atoms with Gasteiger partial charge < -0.3 is 19.3 Å². The molecular weight excluding hydrogens is 298 g/mol.